The summed E-state index contributed by atoms with van der Waals surface area (Å²) in [5.41, 5.74) is 9.60. The van der Waals surface area contributed by atoms with Crippen molar-refractivity contribution in [1.29, 1.82) is 0 Å². The predicted octanol–water partition coefficient (Wildman–Crippen LogP) is 3.86. The van der Waals surface area contributed by atoms with Gasteiger partial charge in [0.05, 0.1) is 11.6 Å². The first-order valence-electron chi connectivity index (χ1n) is 12.8. The normalized spacial score (nSPS) is 11.1. The average molecular weight is 516 g/mol. The molecule has 0 fully saturated rings. The number of unbranched alkanes of at least 4 members (excludes halogenated alkanes) is 2. The van der Waals surface area contributed by atoms with Crippen molar-refractivity contribution in [3.05, 3.63) is 71.1 Å². The maximum absolute atomic E-state index is 13.0. The van der Waals surface area contributed by atoms with E-state index in [9.17, 15) is 14.7 Å². The summed E-state index contributed by atoms with van der Waals surface area (Å²) in [7, 11) is 7.81. The van der Waals surface area contributed by atoms with Gasteiger partial charge in [-0.05, 0) is 61.3 Å². The van der Waals surface area contributed by atoms with Crippen molar-refractivity contribution in [3.8, 4) is 22.5 Å². The summed E-state index contributed by atoms with van der Waals surface area (Å²) in [6.45, 7) is 1.16. The molecule has 38 heavy (non-hydrogen) atoms. The number of nitrogens with two attached hydrogens (primary N) is 1. The molecular weight excluding hydrogens is 480 g/mol. The average Bonchev–Trinajstić information content (AvgIpc) is 2.90. The van der Waals surface area contributed by atoms with Gasteiger partial charge in [0.25, 0.3) is 5.91 Å². The third-order valence-corrected chi connectivity index (χ3v) is 6.67. The number of carboxylic acid groups (broad SMARTS) is 1. The number of benzene rings is 3. The topological polar surface area (TPSA) is 112 Å². The van der Waals surface area contributed by atoms with Crippen LogP contribution < -0.4 is 25.9 Å². The molecule has 198 valence electrons. The zero-order valence-corrected chi connectivity index (χ0v) is 22.4. The zero-order chi connectivity index (χ0) is 27.4. The van der Waals surface area contributed by atoms with Gasteiger partial charge in [0, 0.05) is 60.5 Å². The van der Waals surface area contributed by atoms with Crippen molar-refractivity contribution in [3.63, 3.8) is 0 Å². The van der Waals surface area contributed by atoms with Crippen LogP contribution in [0.15, 0.2) is 59.0 Å². The van der Waals surface area contributed by atoms with Gasteiger partial charge in [0.1, 0.15) is 25.4 Å². The first-order valence-corrected chi connectivity index (χ1v) is 12.8. The van der Waals surface area contributed by atoms with Crippen molar-refractivity contribution in [2.75, 3.05) is 46.2 Å². The number of nitrogens with zero attached hydrogens (tertiary/aromatic N) is 2. The summed E-state index contributed by atoms with van der Waals surface area (Å²) >= 11 is 0. The van der Waals surface area contributed by atoms with Gasteiger partial charge in [-0.15, -0.1) is 0 Å². The van der Waals surface area contributed by atoms with E-state index in [0.29, 0.717) is 41.1 Å². The minimum atomic E-state index is -1.06. The number of carbonyl (C=O) groups excluding carboxylic acids is 1. The molecule has 0 radical (unpaired) electrons. The fraction of sp³-hybridized carbons (Fsp3) is 0.300. The molecule has 0 unspecified atom stereocenters. The number of aromatic carboxylic acids is 1. The van der Waals surface area contributed by atoms with Gasteiger partial charge < -0.3 is 25.5 Å². The highest BCUT2D eigenvalue weighted by atomic mass is 16.4. The fourth-order valence-corrected chi connectivity index (χ4v) is 4.54. The second-order valence-corrected chi connectivity index (χ2v) is 9.80. The Morgan fingerprint density at radius 2 is 1.76 bits per heavy atom. The fourth-order valence-electron chi connectivity index (χ4n) is 4.54. The van der Waals surface area contributed by atoms with E-state index in [1.165, 1.54) is 6.07 Å². The Hall–Kier alpha value is -4.17. The van der Waals surface area contributed by atoms with E-state index in [-0.39, 0.29) is 11.5 Å². The number of anilines is 1. The second-order valence-electron chi connectivity index (χ2n) is 9.80. The summed E-state index contributed by atoms with van der Waals surface area (Å²) in [6, 6.07) is 16.5. The molecule has 0 saturated carbocycles. The molecule has 0 aromatic heterocycles. The van der Waals surface area contributed by atoms with Gasteiger partial charge in [-0.3, -0.25) is 4.79 Å². The molecule has 0 spiro atoms. The molecule has 0 atom stereocenters. The minimum Gasteiger partial charge on any atom is -0.478 e. The Morgan fingerprint density at radius 3 is 2.45 bits per heavy atom. The van der Waals surface area contributed by atoms with E-state index < -0.39 is 5.97 Å². The molecule has 4 N–H and O–H groups in total. The van der Waals surface area contributed by atoms with Crippen LogP contribution in [0.25, 0.3) is 33.4 Å². The lowest BCUT2D eigenvalue weighted by Gasteiger charge is -2.19. The number of hydrogen-bond acceptors (Lipinski definition) is 5. The molecule has 8 heteroatoms. The van der Waals surface area contributed by atoms with Crippen LogP contribution in [0.3, 0.4) is 0 Å². The summed E-state index contributed by atoms with van der Waals surface area (Å²) in [6.07, 6.45) is 2.69. The van der Waals surface area contributed by atoms with E-state index >= 15 is 0 Å². The molecule has 2 aromatic rings. The Morgan fingerprint density at radius 1 is 0.974 bits per heavy atom. The Labute approximate surface area is 222 Å². The van der Waals surface area contributed by atoms with Crippen LogP contribution in [0.5, 0.6) is 0 Å². The summed E-state index contributed by atoms with van der Waals surface area (Å²) < 4.78 is 8.35. The van der Waals surface area contributed by atoms with Crippen molar-refractivity contribution >= 4 is 28.5 Å². The lowest BCUT2D eigenvalue weighted by atomic mass is 9.89. The van der Waals surface area contributed by atoms with Gasteiger partial charge in [-0.1, -0.05) is 6.42 Å². The van der Waals surface area contributed by atoms with Gasteiger partial charge >= 0.3 is 5.97 Å². The highest BCUT2D eigenvalue weighted by molar-refractivity contribution is 6.09. The number of fused-ring (bicyclic) bond motifs is 2. The third kappa shape index (κ3) is 5.55. The lowest BCUT2D eigenvalue weighted by Crippen LogP contribution is -2.24. The highest BCUT2D eigenvalue weighted by Gasteiger charge is 2.23. The SMILES string of the molecule is CN(C)c1ccc2c(-c3cc(C(=O)NCCCCCN)ccc3C(=O)O)c3ccc(=[N+](C)C)cc-3oc2c1. The number of hydrogen-bond donors (Lipinski definition) is 3. The molecule has 8 nitrogen and oxygen atoms in total. The monoisotopic (exact) mass is 515 g/mol. The Kier molecular flexibility index (Phi) is 8.12. The van der Waals surface area contributed by atoms with Crippen molar-refractivity contribution in [2.24, 2.45) is 5.73 Å². The van der Waals surface area contributed by atoms with E-state index in [0.717, 1.165) is 41.3 Å². The maximum atomic E-state index is 13.0. The molecule has 0 bridgehead atoms. The highest BCUT2D eigenvalue weighted by Crippen LogP contribution is 2.42. The molecule has 2 aromatic carbocycles. The molecular formula is C30H35N4O4+. The molecule has 1 aliphatic heterocycles. The Balaban J connectivity index is 1.94. The van der Waals surface area contributed by atoms with Crippen LogP contribution in [-0.2, 0) is 0 Å². The summed E-state index contributed by atoms with van der Waals surface area (Å²) in [5.74, 6) is -0.679. The summed E-state index contributed by atoms with van der Waals surface area (Å²) in [5, 5.41) is 14.8. The van der Waals surface area contributed by atoms with E-state index in [2.05, 4.69) is 5.32 Å². The second kappa shape index (κ2) is 11.5. The first-order chi connectivity index (χ1) is 18.2. The minimum absolute atomic E-state index is 0.117. The van der Waals surface area contributed by atoms with Gasteiger partial charge in [0.2, 0.25) is 5.36 Å². The van der Waals surface area contributed by atoms with Crippen molar-refractivity contribution in [2.45, 2.75) is 19.3 Å². The van der Waals surface area contributed by atoms with Crippen LogP contribution in [0, 0.1) is 0 Å². The molecule has 1 aliphatic carbocycles. The smallest absolute Gasteiger partial charge is 0.336 e. The molecule has 1 amide bonds. The van der Waals surface area contributed by atoms with Crippen LogP contribution in [0.1, 0.15) is 40.0 Å². The van der Waals surface area contributed by atoms with Crippen molar-refractivity contribution in [1.82, 2.24) is 9.89 Å². The Bertz CT molecular complexity index is 1530. The largest absolute Gasteiger partial charge is 0.478 e. The number of nitrogens with one attached hydrogen (secondary N) is 1. The van der Waals surface area contributed by atoms with Crippen molar-refractivity contribution < 1.29 is 19.1 Å². The molecule has 0 saturated heterocycles. The molecule has 2 aliphatic rings. The van der Waals surface area contributed by atoms with Crippen LogP contribution >= 0.6 is 0 Å². The predicted molar refractivity (Wildman–Crippen MR) is 152 cm³/mol. The van der Waals surface area contributed by atoms with E-state index in [4.69, 9.17) is 10.2 Å². The first kappa shape index (κ1) is 26.9. The van der Waals surface area contributed by atoms with E-state index in [1.54, 1.807) is 12.1 Å². The van der Waals surface area contributed by atoms with Gasteiger partial charge in [-0.25, -0.2) is 9.37 Å². The van der Waals surface area contributed by atoms with Gasteiger partial charge in [-0.2, -0.15) is 0 Å². The molecule has 4 rings (SSSR count). The number of carbonyl (C=O) groups is 2. The van der Waals surface area contributed by atoms with Crippen LogP contribution in [0.2, 0.25) is 0 Å². The number of amides is 1. The van der Waals surface area contributed by atoms with Crippen LogP contribution in [-0.4, -0.2) is 58.3 Å². The lowest BCUT2D eigenvalue weighted by molar-refractivity contribution is 0.0697. The van der Waals surface area contributed by atoms with Crippen LogP contribution in [0.4, 0.5) is 5.69 Å². The third-order valence-electron chi connectivity index (χ3n) is 6.67. The summed E-state index contributed by atoms with van der Waals surface area (Å²) in [4.78, 5) is 27.3. The zero-order valence-electron chi connectivity index (χ0n) is 22.4. The number of rotatable bonds is 9. The van der Waals surface area contributed by atoms with E-state index in [1.807, 2.05) is 74.1 Å². The maximum Gasteiger partial charge on any atom is 0.336 e. The standard InChI is InChI=1S/C30H34N4O4/c1-33(2)20-9-12-23-26(17-20)38-27-18-21(34(3)4)10-13-24(27)28(23)25-16-19(8-11-22(25)30(36)37)29(35)32-15-7-5-6-14-31/h8-13,16-18H,5-7,14-15,31H2,1-4H3,(H-,32,35,36,37)/p+1. The number of carboxylic acids is 1. The quantitative estimate of drug-likeness (QED) is 0.177. The molecule has 1 heterocycles. The van der Waals surface area contributed by atoms with Gasteiger partial charge in [0.15, 0.2) is 0 Å².